The Morgan fingerprint density at radius 1 is 0.853 bits per heavy atom. The lowest BCUT2D eigenvalue weighted by Crippen LogP contribution is -2.28. The molecule has 0 spiro atoms. The van der Waals surface area contributed by atoms with Crippen LogP contribution in [0.5, 0.6) is 0 Å². The zero-order chi connectivity index (χ0) is 23.8. The number of nitrogens with one attached hydrogen (secondary N) is 1. The van der Waals surface area contributed by atoms with Gasteiger partial charge in [-0.05, 0) is 42.8 Å². The van der Waals surface area contributed by atoms with Gasteiger partial charge in [-0.1, -0.05) is 54.6 Å². The standard InChI is InChI=1S/C27H22N4O3/c1-18-23(27(34)29(2)31(18)20-13-7-4-8-14-20)28-26(33)25(32)24-22(19-11-5-3-6-12-19)17-21-15-9-10-16-30(21)24/h3-17H,1-2H3,(H,28,33). The number of nitrogens with zero attached hydrogens (tertiary/aromatic N) is 3. The van der Waals surface area contributed by atoms with Gasteiger partial charge in [-0.3, -0.25) is 19.1 Å². The van der Waals surface area contributed by atoms with Crippen molar-refractivity contribution >= 4 is 22.9 Å². The van der Waals surface area contributed by atoms with E-state index < -0.39 is 17.2 Å². The highest BCUT2D eigenvalue weighted by Crippen LogP contribution is 2.28. The minimum absolute atomic E-state index is 0.0758. The second-order valence-electron chi connectivity index (χ2n) is 7.99. The van der Waals surface area contributed by atoms with Gasteiger partial charge in [0.2, 0.25) is 0 Å². The van der Waals surface area contributed by atoms with Gasteiger partial charge in [0.25, 0.3) is 17.2 Å². The van der Waals surface area contributed by atoms with E-state index in [1.165, 1.54) is 4.68 Å². The molecule has 0 aliphatic carbocycles. The Hall–Kier alpha value is -4.65. The van der Waals surface area contributed by atoms with Crippen molar-refractivity contribution in [1.82, 2.24) is 13.8 Å². The molecule has 5 aromatic rings. The molecular weight excluding hydrogens is 428 g/mol. The van der Waals surface area contributed by atoms with Crippen LogP contribution in [0.2, 0.25) is 0 Å². The molecule has 3 aromatic heterocycles. The van der Waals surface area contributed by atoms with Gasteiger partial charge in [0.15, 0.2) is 0 Å². The third kappa shape index (κ3) is 3.44. The number of anilines is 1. The molecule has 7 heteroatoms. The number of hydrogen-bond donors (Lipinski definition) is 1. The van der Waals surface area contributed by atoms with Crippen molar-refractivity contribution in [1.29, 1.82) is 0 Å². The average molecular weight is 450 g/mol. The van der Waals surface area contributed by atoms with Crippen molar-refractivity contribution in [3.05, 3.63) is 113 Å². The van der Waals surface area contributed by atoms with E-state index in [0.717, 1.165) is 16.8 Å². The van der Waals surface area contributed by atoms with E-state index in [0.29, 0.717) is 11.3 Å². The highest BCUT2D eigenvalue weighted by molar-refractivity contribution is 6.47. The highest BCUT2D eigenvalue weighted by atomic mass is 16.2. The van der Waals surface area contributed by atoms with Gasteiger partial charge in [0.1, 0.15) is 11.4 Å². The van der Waals surface area contributed by atoms with Crippen molar-refractivity contribution in [2.45, 2.75) is 6.92 Å². The molecule has 0 aliphatic rings. The summed E-state index contributed by atoms with van der Waals surface area (Å²) in [6, 6.07) is 26.2. The topological polar surface area (TPSA) is 77.5 Å². The van der Waals surface area contributed by atoms with Crippen molar-refractivity contribution in [2.24, 2.45) is 7.05 Å². The van der Waals surface area contributed by atoms with Crippen LogP contribution in [0.25, 0.3) is 22.3 Å². The minimum Gasteiger partial charge on any atom is -0.313 e. The van der Waals surface area contributed by atoms with E-state index >= 15 is 0 Å². The van der Waals surface area contributed by atoms with Crippen molar-refractivity contribution in [3.8, 4) is 16.8 Å². The fourth-order valence-electron chi connectivity index (χ4n) is 4.29. The number of carbonyl (C=O) groups is 2. The normalized spacial score (nSPS) is 11.0. The lowest BCUT2D eigenvalue weighted by atomic mass is 10.0. The summed E-state index contributed by atoms with van der Waals surface area (Å²) in [6.45, 7) is 1.73. The monoisotopic (exact) mass is 450 g/mol. The number of pyridine rings is 1. The van der Waals surface area contributed by atoms with Crippen LogP contribution in [0.4, 0.5) is 5.69 Å². The number of rotatable bonds is 5. The third-order valence-corrected chi connectivity index (χ3v) is 5.91. The number of ketones is 1. The van der Waals surface area contributed by atoms with Gasteiger partial charge in [-0.2, -0.15) is 0 Å². The van der Waals surface area contributed by atoms with E-state index in [-0.39, 0.29) is 11.4 Å². The molecule has 0 saturated carbocycles. The lowest BCUT2D eigenvalue weighted by molar-refractivity contribution is -0.112. The average Bonchev–Trinajstić information content (AvgIpc) is 3.35. The van der Waals surface area contributed by atoms with Crippen molar-refractivity contribution in [3.63, 3.8) is 0 Å². The molecule has 0 unspecified atom stereocenters. The maximum Gasteiger partial charge on any atom is 0.298 e. The summed E-state index contributed by atoms with van der Waals surface area (Å²) in [4.78, 5) is 39.6. The number of Topliss-reactive ketones (excluding diaryl/α,β-unsaturated/α-hetero) is 1. The van der Waals surface area contributed by atoms with E-state index in [1.807, 2.05) is 78.9 Å². The zero-order valence-electron chi connectivity index (χ0n) is 18.7. The summed E-state index contributed by atoms with van der Waals surface area (Å²) in [5.41, 5.74) is 3.50. The number of hydrogen-bond acceptors (Lipinski definition) is 3. The fraction of sp³-hybridized carbons (Fsp3) is 0.0741. The van der Waals surface area contributed by atoms with Crippen molar-refractivity contribution in [2.75, 3.05) is 5.32 Å². The molecule has 0 fully saturated rings. The second-order valence-corrected chi connectivity index (χ2v) is 7.99. The quantitative estimate of drug-likeness (QED) is 0.322. The summed E-state index contributed by atoms with van der Waals surface area (Å²) >= 11 is 0. The highest BCUT2D eigenvalue weighted by Gasteiger charge is 2.27. The van der Waals surface area contributed by atoms with E-state index in [4.69, 9.17) is 0 Å². The molecule has 5 rings (SSSR count). The van der Waals surface area contributed by atoms with Gasteiger partial charge in [-0.25, -0.2) is 4.68 Å². The molecule has 1 amide bonds. The summed E-state index contributed by atoms with van der Waals surface area (Å²) < 4.78 is 4.81. The molecule has 0 radical (unpaired) electrons. The van der Waals surface area contributed by atoms with Crippen molar-refractivity contribution < 1.29 is 9.59 Å². The first kappa shape index (κ1) is 21.2. The second kappa shape index (κ2) is 8.37. The Morgan fingerprint density at radius 3 is 2.21 bits per heavy atom. The van der Waals surface area contributed by atoms with Gasteiger partial charge in [-0.15, -0.1) is 0 Å². The lowest BCUT2D eigenvalue weighted by Gasteiger charge is -2.10. The summed E-state index contributed by atoms with van der Waals surface area (Å²) in [5.74, 6) is -1.59. The zero-order valence-corrected chi connectivity index (χ0v) is 18.7. The van der Waals surface area contributed by atoms with E-state index in [9.17, 15) is 14.4 Å². The maximum absolute atomic E-state index is 13.5. The molecular formula is C27H22N4O3. The molecule has 3 heterocycles. The first-order valence-corrected chi connectivity index (χ1v) is 10.8. The predicted molar refractivity (Wildman–Crippen MR) is 132 cm³/mol. The van der Waals surface area contributed by atoms with Gasteiger partial charge < -0.3 is 9.72 Å². The number of fused-ring (bicyclic) bond motifs is 1. The van der Waals surface area contributed by atoms with Crippen LogP contribution in [0.1, 0.15) is 16.2 Å². The molecule has 0 saturated heterocycles. The Kier molecular flexibility index (Phi) is 5.22. The molecule has 0 bridgehead atoms. The van der Waals surface area contributed by atoms with E-state index in [1.54, 1.807) is 35.3 Å². The Labute approximate surface area is 195 Å². The predicted octanol–water partition coefficient (Wildman–Crippen LogP) is 4.23. The smallest absolute Gasteiger partial charge is 0.298 e. The number of aromatic nitrogens is 3. The molecule has 0 aliphatic heterocycles. The molecule has 1 N–H and O–H groups in total. The Balaban J connectivity index is 1.56. The molecule has 34 heavy (non-hydrogen) atoms. The number of amides is 1. The Morgan fingerprint density at radius 2 is 1.50 bits per heavy atom. The third-order valence-electron chi connectivity index (χ3n) is 5.91. The number of para-hydroxylation sites is 1. The fourth-order valence-corrected chi connectivity index (χ4v) is 4.29. The summed E-state index contributed by atoms with van der Waals surface area (Å²) in [6.07, 6.45) is 1.75. The SMILES string of the molecule is Cc1c(NC(=O)C(=O)c2c(-c3ccccc3)cc3ccccn23)c(=O)n(C)n1-c1ccccc1. The first-order valence-electron chi connectivity index (χ1n) is 10.8. The largest absolute Gasteiger partial charge is 0.313 e. The van der Waals surface area contributed by atoms with Crippen LogP contribution in [0.3, 0.4) is 0 Å². The molecule has 2 aromatic carbocycles. The van der Waals surface area contributed by atoms with E-state index in [2.05, 4.69) is 5.32 Å². The summed E-state index contributed by atoms with van der Waals surface area (Å²) in [7, 11) is 1.62. The Bertz CT molecular complexity index is 1590. The summed E-state index contributed by atoms with van der Waals surface area (Å²) in [5, 5.41) is 2.58. The van der Waals surface area contributed by atoms with Crippen LogP contribution in [0, 0.1) is 6.92 Å². The number of carbonyl (C=O) groups excluding carboxylic acids is 2. The van der Waals surface area contributed by atoms with Crippen LogP contribution in [0.15, 0.2) is 95.9 Å². The van der Waals surface area contributed by atoms with Gasteiger partial charge >= 0.3 is 0 Å². The van der Waals surface area contributed by atoms with Gasteiger partial charge in [0, 0.05) is 24.3 Å². The minimum atomic E-state index is -0.868. The maximum atomic E-state index is 13.5. The molecule has 7 nitrogen and oxygen atoms in total. The van der Waals surface area contributed by atoms with Crippen LogP contribution in [-0.2, 0) is 11.8 Å². The molecule has 168 valence electrons. The van der Waals surface area contributed by atoms with Gasteiger partial charge in [0.05, 0.1) is 11.4 Å². The van der Waals surface area contributed by atoms with Crippen LogP contribution in [-0.4, -0.2) is 25.5 Å². The van der Waals surface area contributed by atoms with Crippen LogP contribution >= 0.6 is 0 Å². The number of benzene rings is 2. The van der Waals surface area contributed by atoms with Crippen LogP contribution < -0.4 is 10.9 Å². The molecule has 0 atom stereocenters. The first-order chi connectivity index (χ1) is 16.5.